The number of nitrogens with two attached hydrogens (primary N) is 2. The fourth-order valence-electron chi connectivity index (χ4n) is 3.31. The molecule has 0 aliphatic heterocycles. The minimum absolute atomic E-state index is 0.0736. The summed E-state index contributed by atoms with van der Waals surface area (Å²) >= 11 is 0. The number of nitrogens with zero attached hydrogens (tertiary/aromatic N) is 3. The molecule has 2 aromatic heterocycles. The maximum Gasteiger partial charge on any atom is 0.271 e. The van der Waals surface area contributed by atoms with Gasteiger partial charge in [-0.25, -0.2) is 4.98 Å². The Morgan fingerprint density at radius 2 is 1.88 bits per heavy atom. The quantitative estimate of drug-likeness (QED) is 0.645. The van der Waals surface area contributed by atoms with Crippen LogP contribution in [0.5, 0.6) is 0 Å². The molecule has 0 radical (unpaired) electrons. The maximum absolute atomic E-state index is 11.7. The minimum atomic E-state index is -0.648. The Morgan fingerprint density at radius 3 is 2.58 bits per heavy atom. The molecular weight excluding hydrogens is 330 g/mol. The summed E-state index contributed by atoms with van der Waals surface area (Å²) in [5.41, 5.74) is 14.1. The zero-order valence-electron chi connectivity index (χ0n) is 15.1. The predicted molar refractivity (Wildman–Crippen MR) is 101 cm³/mol. The summed E-state index contributed by atoms with van der Waals surface area (Å²) in [6.07, 6.45) is 4.26. The summed E-state index contributed by atoms with van der Waals surface area (Å²) in [5.74, 6) is 0.535. The van der Waals surface area contributed by atoms with E-state index >= 15 is 0 Å². The number of aryl methyl sites for hydroxylation is 2. The van der Waals surface area contributed by atoms with Gasteiger partial charge in [0.05, 0.1) is 5.69 Å². The van der Waals surface area contributed by atoms with Crippen LogP contribution in [0.3, 0.4) is 0 Å². The number of hydrogen-bond acceptors (Lipinski definition) is 7. The van der Waals surface area contributed by atoms with Gasteiger partial charge >= 0.3 is 0 Å². The Kier molecular flexibility index (Phi) is 5.32. The van der Waals surface area contributed by atoms with Crippen molar-refractivity contribution in [3.63, 3.8) is 0 Å². The number of anilines is 3. The summed E-state index contributed by atoms with van der Waals surface area (Å²) in [5, 5.41) is 14.6. The van der Waals surface area contributed by atoms with Gasteiger partial charge in [-0.1, -0.05) is 12.8 Å². The van der Waals surface area contributed by atoms with Crippen molar-refractivity contribution in [1.82, 2.24) is 15.2 Å². The van der Waals surface area contributed by atoms with E-state index in [-0.39, 0.29) is 17.8 Å². The molecule has 2 atom stereocenters. The standard InChI is InChI=1S/C18H25N7O/c1-10-7-11(2)21-15(8-10)23-14-9-16(24-25-17(14)18(20)26)22-13-6-4-3-5-12(13)19/h7-9,12-13H,3-6,19H2,1-2H3,(H2,20,26)(H2,21,22,23,24)/t12-,13+/m0/s1. The first-order chi connectivity index (χ1) is 12.4. The zero-order valence-corrected chi connectivity index (χ0v) is 15.1. The Labute approximate surface area is 152 Å². The van der Waals surface area contributed by atoms with Gasteiger partial charge in [-0.15, -0.1) is 10.2 Å². The van der Waals surface area contributed by atoms with Crippen LogP contribution in [0, 0.1) is 13.8 Å². The van der Waals surface area contributed by atoms with Gasteiger partial charge in [-0.05, 0) is 44.4 Å². The van der Waals surface area contributed by atoms with Gasteiger partial charge in [-0.2, -0.15) is 0 Å². The van der Waals surface area contributed by atoms with E-state index in [1.807, 2.05) is 26.0 Å². The SMILES string of the molecule is Cc1cc(C)nc(Nc2cc(N[C@@H]3CCCC[C@@H]3N)nnc2C(N)=O)c1. The molecule has 138 valence electrons. The van der Waals surface area contributed by atoms with Gasteiger partial charge in [0.25, 0.3) is 5.91 Å². The smallest absolute Gasteiger partial charge is 0.271 e. The molecule has 0 bridgehead atoms. The Balaban J connectivity index is 1.87. The number of hydrogen-bond donors (Lipinski definition) is 4. The van der Waals surface area contributed by atoms with E-state index in [9.17, 15) is 4.79 Å². The third-order valence-electron chi connectivity index (χ3n) is 4.54. The van der Waals surface area contributed by atoms with Crippen molar-refractivity contribution in [3.05, 3.63) is 35.2 Å². The van der Waals surface area contributed by atoms with E-state index in [0.717, 1.165) is 36.9 Å². The summed E-state index contributed by atoms with van der Waals surface area (Å²) in [6, 6.07) is 5.82. The summed E-state index contributed by atoms with van der Waals surface area (Å²) in [7, 11) is 0. The van der Waals surface area contributed by atoms with Crippen LogP contribution in [-0.4, -0.2) is 33.2 Å². The lowest BCUT2D eigenvalue weighted by Gasteiger charge is -2.29. The molecule has 1 fully saturated rings. The van der Waals surface area contributed by atoms with Crippen LogP contribution < -0.4 is 22.1 Å². The Hall–Kier alpha value is -2.74. The highest BCUT2D eigenvalue weighted by Crippen LogP contribution is 2.24. The molecule has 0 saturated heterocycles. The fourth-order valence-corrected chi connectivity index (χ4v) is 3.31. The number of rotatable bonds is 5. The third-order valence-corrected chi connectivity index (χ3v) is 4.54. The van der Waals surface area contributed by atoms with E-state index in [0.29, 0.717) is 17.3 Å². The van der Waals surface area contributed by atoms with Crippen LogP contribution in [0.25, 0.3) is 0 Å². The number of carbonyl (C=O) groups excluding carboxylic acids is 1. The lowest BCUT2D eigenvalue weighted by atomic mass is 9.91. The van der Waals surface area contributed by atoms with E-state index < -0.39 is 5.91 Å². The Morgan fingerprint density at radius 1 is 1.12 bits per heavy atom. The lowest BCUT2D eigenvalue weighted by molar-refractivity contribution is 0.0995. The van der Waals surface area contributed by atoms with Crippen molar-refractivity contribution < 1.29 is 4.79 Å². The second-order valence-corrected chi connectivity index (χ2v) is 6.85. The number of aromatic nitrogens is 3. The molecule has 3 rings (SSSR count). The molecule has 8 nitrogen and oxygen atoms in total. The molecule has 1 amide bonds. The van der Waals surface area contributed by atoms with Crippen LogP contribution in [0.2, 0.25) is 0 Å². The first-order valence-corrected chi connectivity index (χ1v) is 8.84. The Bertz CT molecular complexity index is 788. The first-order valence-electron chi connectivity index (χ1n) is 8.84. The van der Waals surface area contributed by atoms with Gasteiger partial charge in [0.15, 0.2) is 11.5 Å². The highest BCUT2D eigenvalue weighted by Gasteiger charge is 2.23. The highest BCUT2D eigenvalue weighted by atomic mass is 16.1. The van der Waals surface area contributed by atoms with Crippen molar-refractivity contribution >= 4 is 23.2 Å². The average Bonchev–Trinajstić information content (AvgIpc) is 2.56. The molecular formula is C18H25N7O. The fraction of sp³-hybridized carbons (Fsp3) is 0.444. The second kappa shape index (κ2) is 7.65. The highest BCUT2D eigenvalue weighted by molar-refractivity contribution is 5.97. The molecule has 2 heterocycles. The predicted octanol–water partition coefficient (Wildman–Crippen LogP) is 2.01. The van der Waals surface area contributed by atoms with Crippen molar-refractivity contribution in [2.45, 2.75) is 51.6 Å². The average molecular weight is 355 g/mol. The van der Waals surface area contributed by atoms with Crippen LogP contribution in [-0.2, 0) is 0 Å². The lowest BCUT2D eigenvalue weighted by Crippen LogP contribution is -2.42. The third kappa shape index (κ3) is 4.26. The topological polar surface area (TPSA) is 132 Å². The number of pyridine rings is 1. The normalized spacial score (nSPS) is 19.8. The molecule has 0 aromatic carbocycles. The van der Waals surface area contributed by atoms with Gasteiger partial charge in [0.2, 0.25) is 0 Å². The molecule has 1 saturated carbocycles. The van der Waals surface area contributed by atoms with Gasteiger partial charge in [-0.3, -0.25) is 4.79 Å². The van der Waals surface area contributed by atoms with E-state index in [2.05, 4.69) is 25.8 Å². The largest absolute Gasteiger partial charge is 0.364 e. The second-order valence-electron chi connectivity index (χ2n) is 6.85. The number of amides is 1. The summed E-state index contributed by atoms with van der Waals surface area (Å²) < 4.78 is 0. The van der Waals surface area contributed by atoms with Crippen molar-refractivity contribution in [2.24, 2.45) is 11.5 Å². The van der Waals surface area contributed by atoms with E-state index in [1.165, 1.54) is 0 Å². The molecule has 26 heavy (non-hydrogen) atoms. The monoisotopic (exact) mass is 355 g/mol. The molecule has 0 spiro atoms. The molecule has 6 N–H and O–H groups in total. The molecule has 1 aliphatic carbocycles. The number of carbonyl (C=O) groups is 1. The summed E-state index contributed by atoms with van der Waals surface area (Å²) in [4.78, 5) is 16.2. The van der Waals surface area contributed by atoms with Crippen LogP contribution in [0.15, 0.2) is 18.2 Å². The van der Waals surface area contributed by atoms with Crippen molar-refractivity contribution in [3.8, 4) is 0 Å². The molecule has 2 aromatic rings. The van der Waals surface area contributed by atoms with Gasteiger partial charge < -0.3 is 22.1 Å². The molecule has 8 heteroatoms. The van der Waals surface area contributed by atoms with Gasteiger partial charge in [0.1, 0.15) is 5.82 Å². The van der Waals surface area contributed by atoms with Crippen LogP contribution in [0.1, 0.15) is 47.4 Å². The van der Waals surface area contributed by atoms with Crippen molar-refractivity contribution in [1.29, 1.82) is 0 Å². The zero-order chi connectivity index (χ0) is 18.7. The molecule has 0 unspecified atom stereocenters. The maximum atomic E-state index is 11.7. The van der Waals surface area contributed by atoms with Crippen LogP contribution in [0.4, 0.5) is 17.3 Å². The number of primary amides is 1. The summed E-state index contributed by atoms with van der Waals surface area (Å²) in [6.45, 7) is 3.90. The first kappa shape index (κ1) is 18.1. The molecule has 1 aliphatic rings. The van der Waals surface area contributed by atoms with Crippen LogP contribution >= 0.6 is 0 Å². The van der Waals surface area contributed by atoms with Gasteiger partial charge in [0, 0.05) is 23.8 Å². The van der Waals surface area contributed by atoms with Crippen molar-refractivity contribution in [2.75, 3.05) is 10.6 Å². The van der Waals surface area contributed by atoms with E-state index in [1.54, 1.807) is 6.07 Å². The number of nitrogens with one attached hydrogen (secondary N) is 2. The minimum Gasteiger partial charge on any atom is -0.364 e. The van der Waals surface area contributed by atoms with E-state index in [4.69, 9.17) is 11.5 Å².